The summed E-state index contributed by atoms with van der Waals surface area (Å²) in [6.45, 7) is 0. The molecule has 0 aliphatic heterocycles. The van der Waals surface area contributed by atoms with Gasteiger partial charge in [0.2, 0.25) is 0 Å². The highest BCUT2D eigenvalue weighted by molar-refractivity contribution is 7.13. The highest BCUT2D eigenvalue weighted by Gasteiger charge is 2.13. The maximum Gasteiger partial charge on any atom is 0.0879 e. The molecule has 6 aromatic rings. The van der Waals surface area contributed by atoms with Gasteiger partial charge in [0.1, 0.15) is 0 Å². The summed E-state index contributed by atoms with van der Waals surface area (Å²) in [7, 11) is 0. The van der Waals surface area contributed by atoms with E-state index in [1.807, 2.05) is 12.3 Å². The van der Waals surface area contributed by atoms with Gasteiger partial charge in [-0.05, 0) is 81.3 Å². The first-order valence-corrected chi connectivity index (χ1v) is 12.6. The Morgan fingerprint density at radius 3 is 2.18 bits per heavy atom. The SMILES string of the molecule is c1ccc2c(c1)ccc1c3c(ccc12)CCCC3.c1csc(-c2nccc3ccccc23)c1. The molecule has 1 aliphatic carbocycles. The van der Waals surface area contributed by atoms with Crippen molar-refractivity contribution in [1.82, 2.24) is 4.98 Å². The third-order valence-electron chi connectivity index (χ3n) is 6.69. The Bertz CT molecular complexity index is 1560. The lowest BCUT2D eigenvalue weighted by Crippen LogP contribution is -2.02. The van der Waals surface area contributed by atoms with Gasteiger partial charge in [-0.25, -0.2) is 0 Å². The molecule has 0 radical (unpaired) electrons. The van der Waals surface area contributed by atoms with Gasteiger partial charge in [0.05, 0.1) is 10.6 Å². The number of hydrogen-bond acceptors (Lipinski definition) is 2. The summed E-state index contributed by atoms with van der Waals surface area (Å²) in [6.07, 6.45) is 7.09. The van der Waals surface area contributed by atoms with Crippen molar-refractivity contribution in [2.75, 3.05) is 0 Å². The molecule has 2 heteroatoms. The molecule has 0 N–H and O–H groups in total. The molecule has 1 nitrogen and oxygen atoms in total. The maximum atomic E-state index is 4.46. The average molecular weight is 444 g/mol. The van der Waals surface area contributed by atoms with Crippen molar-refractivity contribution in [2.24, 2.45) is 0 Å². The molecule has 1 aliphatic rings. The predicted molar refractivity (Wildman–Crippen MR) is 143 cm³/mol. The summed E-state index contributed by atoms with van der Waals surface area (Å²) < 4.78 is 0. The number of rotatable bonds is 1. The number of fused-ring (bicyclic) bond motifs is 6. The number of benzene rings is 4. The highest BCUT2D eigenvalue weighted by atomic mass is 32.1. The van der Waals surface area contributed by atoms with Crippen LogP contribution in [0.2, 0.25) is 0 Å². The van der Waals surface area contributed by atoms with Crippen LogP contribution in [0.5, 0.6) is 0 Å². The molecule has 0 fully saturated rings. The van der Waals surface area contributed by atoms with Crippen LogP contribution in [0.25, 0.3) is 42.9 Å². The van der Waals surface area contributed by atoms with E-state index in [-0.39, 0.29) is 0 Å². The van der Waals surface area contributed by atoms with Crippen LogP contribution in [0.3, 0.4) is 0 Å². The van der Waals surface area contributed by atoms with Gasteiger partial charge in [0, 0.05) is 11.6 Å². The Kier molecular flexibility index (Phi) is 5.37. The Morgan fingerprint density at radius 2 is 1.33 bits per heavy atom. The zero-order valence-corrected chi connectivity index (χ0v) is 19.3. The van der Waals surface area contributed by atoms with Crippen LogP contribution in [-0.4, -0.2) is 4.98 Å². The van der Waals surface area contributed by atoms with Crippen LogP contribution in [0.15, 0.2) is 103 Å². The van der Waals surface area contributed by atoms with E-state index in [9.17, 15) is 0 Å². The van der Waals surface area contributed by atoms with E-state index in [1.54, 1.807) is 22.5 Å². The largest absolute Gasteiger partial charge is 0.255 e. The predicted octanol–water partition coefficient (Wildman–Crippen LogP) is 8.84. The lowest BCUT2D eigenvalue weighted by atomic mass is 9.86. The third kappa shape index (κ3) is 3.81. The second-order valence-electron chi connectivity index (χ2n) is 8.65. The van der Waals surface area contributed by atoms with Crippen LogP contribution in [-0.2, 0) is 12.8 Å². The molecule has 7 rings (SSSR count). The topological polar surface area (TPSA) is 12.9 Å². The standard InChI is InChI=1S/C18H16.C13H9NS/c1-3-7-15-13(5-1)9-11-18-16-8-4-2-6-14(16)10-12-17(15)18;1-2-5-11-10(4-1)7-8-14-13(11)12-6-3-9-15-12/h1,3,5,7,9-12H,2,4,6,8H2;1-9H. The van der Waals surface area contributed by atoms with Crippen LogP contribution in [0.1, 0.15) is 24.0 Å². The van der Waals surface area contributed by atoms with E-state index in [2.05, 4.69) is 95.3 Å². The van der Waals surface area contributed by atoms with E-state index in [0.717, 1.165) is 5.69 Å². The van der Waals surface area contributed by atoms with Crippen molar-refractivity contribution in [2.45, 2.75) is 25.7 Å². The Morgan fingerprint density at radius 1 is 0.576 bits per heavy atom. The normalized spacial score (nSPS) is 13.0. The fourth-order valence-corrected chi connectivity index (χ4v) is 5.81. The molecule has 0 spiro atoms. The molecule has 33 heavy (non-hydrogen) atoms. The molecule has 0 amide bonds. The van der Waals surface area contributed by atoms with Gasteiger partial charge in [0.15, 0.2) is 0 Å². The van der Waals surface area contributed by atoms with Crippen LogP contribution in [0, 0.1) is 0 Å². The molecule has 0 unspecified atom stereocenters. The highest BCUT2D eigenvalue weighted by Crippen LogP contribution is 2.33. The van der Waals surface area contributed by atoms with Gasteiger partial charge in [0.25, 0.3) is 0 Å². The molecular weight excluding hydrogens is 418 g/mol. The number of pyridine rings is 1. The summed E-state index contributed by atoms with van der Waals surface area (Å²) in [6, 6.07) is 32.5. The number of hydrogen-bond donors (Lipinski definition) is 0. The second-order valence-corrected chi connectivity index (χ2v) is 9.60. The van der Waals surface area contributed by atoms with E-state index in [1.165, 1.54) is 62.9 Å². The smallest absolute Gasteiger partial charge is 0.0879 e. The summed E-state index contributed by atoms with van der Waals surface area (Å²) >= 11 is 1.73. The van der Waals surface area contributed by atoms with Crippen LogP contribution >= 0.6 is 11.3 Å². The molecule has 2 heterocycles. The van der Waals surface area contributed by atoms with Crippen molar-refractivity contribution in [1.29, 1.82) is 0 Å². The fraction of sp³-hybridized carbons (Fsp3) is 0.129. The van der Waals surface area contributed by atoms with Gasteiger partial charge < -0.3 is 0 Å². The first kappa shape index (κ1) is 20.1. The van der Waals surface area contributed by atoms with Crippen molar-refractivity contribution in [3.05, 3.63) is 114 Å². The van der Waals surface area contributed by atoms with Gasteiger partial charge in [-0.1, -0.05) is 78.9 Å². The Hall–Kier alpha value is -3.49. The molecule has 0 atom stereocenters. The van der Waals surface area contributed by atoms with E-state index < -0.39 is 0 Å². The van der Waals surface area contributed by atoms with Gasteiger partial charge in [-0.15, -0.1) is 11.3 Å². The quantitative estimate of drug-likeness (QED) is 0.231. The first-order valence-electron chi connectivity index (χ1n) is 11.7. The second kappa shape index (κ2) is 8.80. The summed E-state index contributed by atoms with van der Waals surface area (Å²) in [4.78, 5) is 5.69. The lowest BCUT2D eigenvalue weighted by Gasteiger charge is -2.18. The monoisotopic (exact) mass is 443 g/mol. The van der Waals surface area contributed by atoms with Crippen LogP contribution in [0.4, 0.5) is 0 Å². The van der Waals surface area contributed by atoms with Gasteiger partial charge in [-0.3, -0.25) is 4.98 Å². The minimum absolute atomic E-state index is 1.09. The summed E-state index contributed by atoms with van der Waals surface area (Å²) in [5.74, 6) is 0. The number of aromatic nitrogens is 1. The Balaban J connectivity index is 0.000000127. The number of nitrogens with zero attached hydrogens (tertiary/aromatic N) is 1. The number of aryl methyl sites for hydroxylation is 2. The fourth-order valence-electron chi connectivity index (χ4n) is 5.07. The van der Waals surface area contributed by atoms with Gasteiger partial charge in [-0.2, -0.15) is 0 Å². The molecule has 160 valence electrons. The molecule has 0 saturated carbocycles. The average Bonchev–Trinajstić information content (AvgIpc) is 3.43. The summed E-state index contributed by atoms with van der Waals surface area (Å²) in [5, 5.41) is 10.2. The molecule has 4 aromatic carbocycles. The van der Waals surface area contributed by atoms with Gasteiger partial charge >= 0.3 is 0 Å². The van der Waals surface area contributed by atoms with Crippen LogP contribution < -0.4 is 0 Å². The Labute approximate surface area is 198 Å². The van der Waals surface area contributed by atoms with E-state index >= 15 is 0 Å². The van der Waals surface area contributed by atoms with E-state index in [0.29, 0.717) is 0 Å². The lowest BCUT2D eigenvalue weighted by molar-refractivity contribution is 0.690. The molecule has 0 bridgehead atoms. The van der Waals surface area contributed by atoms with Crippen molar-refractivity contribution < 1.29 is 0 Å². The first-order chi connectivity index (χ1) is 16.4. The zero-order chi connectivity index (χ0) is 22.0. The van der Waals surface area contributed by atoms with Crippen molar-refractivity contribution >= 4 is 43.7 Å². The third-order valence-corrected chi connectivity index (χ3v) is 7.56. The minimum atomic E-state index is 1.09. The molecule has 2 aromatic heterocycles. The molecule has 0 saturated heterocycles. The molecular formula is C31H25NS. The van der Waals surface area contributed by atoms with Crippen molar-refractivity contribution in [3.63, 3.8) is 0 Å². The number of thiophene rings is 1. The maximum absolute atomic E-state index is 4.46. The minimum Gasteiger partial charge on any atom is -0.255 e. The zero-order valence-electron chi connectivity index (χ0n) is 18.5. The van der Waals surface area contributed by atoms with Crippen molar-refractivity contribution in [3.8, 4) is 10.6 Å². The van der Waals surface area contributed by atoms with E-state index in [4.69, 9.17) is 0 Å². The summed E-state index contributed by atoms with van der Waals surface area (Å²) in [5.41, 5.74) is 4.26.